The lowest BCUT2D eigenvalue weighted by atomic mass is 9.96. The lowest BCUT2D eigenvalue weighted by Gasteiger charge is -2.08. The lowest BCUT2D eigenvalue weighted by Crippen LogP contribution is -2.08. The Morgan fingerprint density at radius 3 is 2.35 bits per heavy atom. The first kappa shape index (κ1) is 14.4. The van der Waals surface area contributed by atoms with Crippen LogP contribution in [0.5, 0.6) is 0 Å². The molecule has 0 aromatic heterocycles. The van der Waals surface area contributed by atoms with E-state index >= 15 is 0 Å². The summed E-state index contributed by atoms with van der Waals surface area (Å²) >= 11 is 0. The minimum atomic E-state index is -0.460. The van der Waals surface area contributed by atoms with Gasteiger partial charge in [-0.1, -0.05) is 30.3 Å². The summed E-state index contributed by atoms with van der Waals surface area (Å²) in [7, 11) is 0. The molecule has 0 saturated carbocycles. The fourth-order valence-electron chi connectivity index (χ4n) is 2.34. The minimum absolute atomic E-state index is 0.155. The van der Waals surface area contributed by atoms with Crippen LogP contribution < -0.4 is 5.73 Å². The van der Waals surface area contributed by atoms with Crippen LogP contribution in [0.15, 0.2) is 36.4 Å². The van der Waals surface area contributed by atoms with Gasteiger partial charge in [0.25, 0.3) is 0 Å². The quantitative estimate of drug-likeness (QED) is 0.868. The first-order chi connectivity index (χ1) is 9.52. The highest BCUT2D eigenvalue weighted by Crippen LogP contribution is 2.20. The maximum Gasteiger partial charge on any atom is 0.196 e. The SMILES string of the molecule is Cc1cc(C)c(C(=O)c2ccc(CCN)cc2)c(F)c1. The number of nitrogens with two attached hydrogens (primary N) is 1. The molecule has 2 nitrogen and oxygen atoms in total. The van der Waals surface area contributed by atoms with Crippen molar-refractivity contribution in [3.8, 4) is 0 Å². The Labute approximate surface area is 118 Å². The monoisotopic (exact) mass is 271 g/mol. The van der Waals surface area contributed by atoms with Gasteiger partial charge in [0.2, 0.25) is 0 Å². The van der Waals surface area contributed by atoms with Gasteiger partial charge >= 0.3 is 0 Å². The van der Waals surface area contributed by atoms with Crippen LogP contribution in [0.25, 0.3) is 0 Å². The molecule has 0 fully saturated rings. The number of ketones is 1. The van der Waals surface area contributed by atoms with Gasteiger partial charge in [-0.3, -0.25) is 4.79 Å². The highest BCUT2D eigenvalue weighted by atomic mass is 19.1. The van der Waals surface area contributed by atoms with Crippen molar-refractivity contribution in [1.29, 1.82) is 0 Å². The van der Waals surface area contributed by atoms with Gasteiger partial charge < -0.3 is 5.73 Å². The summed E-state index contributed by atoms with van der Waals surface area (Å²) < 4.78 is 14.0. The largest absolute Gasteiger partial charge is 0.330 e. The van der Waals surface area contributed by atoms with Crippen molar-refractivity contribution < 1.29 is 9.18 Å². The zero-order valence-corrected chi connectivity index (χ0v) is 11.7. The highest BCUT2D eigenvalue weighted by molar-refractivity contribution is 6.10. The molecule has 0 aliphatic carbocycles. The molecule has 0 spiro atoms. The van der Waals surface area contributed by atoms with Crippen LogP contribution in [-0.2, 0) is 6.42 Å². The second-order valence-corrected chi connectivity index (χ2v) is 5.00. The van der Waals surface area contributed by atoms with Crippen molar-refractivity contribution in [2.45, 2.75) is 20.3 Å². The predicted octanol–water partition coefficient (Wildman–Crippen LogP) is 3.17. The van der Waals surface area contributed by atoms with Crippen molar-refractivity contribution in [3.05, 3.63) is 70.0 Å². The zero-order valence-electron chi connectivity index (χ0n) is 11.7. The summed E-state index contributed by atoms with van der Waals surface area (Å²) in [5, 5.41) is 0. The first-order valence-corrected chi connectivity index (χ1v) is 6.63. The average Bonchev–Trinajstić information content (AvgIpc) is 2.38. The van der Waals surface area contributed by atoms with Gasteiger partial charge in [0, 0.05) is 5.56 Å². The van der Waals surface area contributed by atoms with Gasteiger partial charge in [0.1, 0.15) is 5.82 Å². The second-order valence-electron chi connectivity index (χ2n) is 5.00. The second kappa shape index (κ2) is 5.97. The Morgan fingerprint density at radius 2 is 1.80 bits per heavy atom. The van der Waals surface area contributed by atoms with Crippen LogP contribution >= 0.6 is 0 Å². The van der Waals surface area contributed by atoms with Crippen molar-refractivity contribution in [2.24, 2.45) is 5.73 Å². The van der Waals surface area contributed by atoms with E-state index in [1.807, 2.05) is 25.1 Å². The third-order valence-corrected chi connectivity index (χ3v) is 3.31. The number of carbonyl (C=O) groups is 1. The molecule has 0 radical (unpaired) electrons. The molecular weight excluding hydrogens is 253 g/mol. The van der Waals surface area contributed by atoms with Gasteiger partial charge in [-0.05, 0) is 49.6 Å². The topological polar surface area (TPSA) is 43.1 Å². The van der Waals surface area contributed by atoms with Crippen LogP contribution in [-0.4, -0.2) is 12.3 Å². The Balaban J connectivity index is 2.36. The average molecular weight is 271 g/mol. The van der Waals surface area contributed by atoms with Crippen LogP contribution in [0.1, 0.15) is 32.6 Å². The molecule has 2 N–H and O–H groups in total. The molecule has 104 valence electrons. The van der Waals surface area contributed by atoms with Gasteiger partial charge in [0.05, 0.1) is 5.56 Å². The highest BCUT2D eigenvalue weighted by Gasteiger charge is 2.17. The fraction of sp³-hybridized carbons (Fsp3) is 0.235. The molecule has 2 aromatic carbocycles. The van der Waals surface area contributed by atoms with E-state index in [0.717, 1.165) is 17.5 Å². The van der Waals surface area contributed by atoms with Gasteiger partial charge in [-0.15, -0.1) is 0 Å². The van der Waals surface area contributed by atoms with E-state index in [4.69, 9.17) is 5.73 Å². The first-order valence-electron chi connectivity index (χ1n) is 6.63. The third kappa shape index (κ3) is 2.94. The van der Waals surface area contributed by atoms with Crippen LogP contribution in [0, 0.1) is 19.7 Å². The summed E-state index contributed by atoms with van der Waals surface area (Å²) in [6.07, 6.45) is 0.770. The molecule has 0 saturated heterocycles. The zero-order chi connectivity index (χ0) is 14.7. The smallest absolute Gasteiger partial charge is 0.196 e. The molecule has 0 heterocycles. The number of hydrogen-bond donors (Lipinski definition) is 1. The number of halogens is 1. The van der Waals surface area contributed by atoms with Gasteiger partial charge in [0.15, 0.2) is 5.78 Å². The van der Waals surface area contributed by atoms with Crippen LogP contribution in [0.3, 0.4) is 0 Å². The third-order valence-electron chi connectivity index (χ3n) is 3.31. The van der Waals surface area contributed by atoms with Gasteiger partial charge in [-0.25, -0.2) is 4.39 Å². The molecule has 0 bridgehead atoms. The molecule has 0 aliphatic heterocycles. The fourth-order valence-corrected chi connectivity index (χ4v) is 2.34. The molecule has 0 amide bonds. The van der Waals surface area contributed by atoms with E-state index in [0.29, 0.717) is 17.7 Å². The summed E-state index contributed by atoms with van der Waals surface area (Å²) in [5.74, 6) is -0.738. The molecule has 20 heavy (non-hydrogen) atoms. The Morgan fingerprint density at radius 1 is 1.15 bits per heavy atom. The Hall–Kier alpha value is -2.00. The number of benzene rings is 2. The number of carbonyl (C=O) groups excluding carboxylic acids is 1. The maximum atomic E-state index is 14.0. The molecule has 0 unspecified atom stereocenters. The Bertz CT molecular complexity index is 609. The summed E-state index contributed by atoms with van der Waals surface area (Å²) in [5.41, 5.74) is 8.69. The van der Waals surface area contributed by atoms with Gasteiger partial charge in [-0.2, -0.15) is 0 Å². The van der Waals surface area contributed by atoms with E-state index in [9.17, 15) is 9.18 Å². The van der Waals surface area contributed by atoms with E-state index in [1.54, 1.807) is 19.1 Å². The van der Waals surface area contributed by atoms with E-state index in [2.05, 4.69) is 0 Å². The van der Waals surface area contributed by atoms with E-state index < -0.39 is 5.82 Å². The number of rotatable bonds is 4. The van der Waals surface area contributed by atoms with Crippen LogP contribution in [0.4, 0.5) is 4.39 Å². The number of hydrogen-bond acceptors (Lipinski definition) is 2. The van der Waals surface area contributed by atoms with E-state index in [-0.39, 0.29) is 11.3 Å². The number of aryl methyl sites for hydroxylation is 2. The molecule has 2 aromatic rings. The van der Waals surface area contributed by atoms with Crippen molar-refractivity contribution in [3.63, 3.8) is 0 Å². The minimum Gasteiger partial charge on any atom is -0.330 e. The standard InChI is InChI=1S/C17H18FNO/c1-11-9-12(2)16(15(18)10-11)17(20)14-5-3-13(4-6-14)7-8-19/h3-6,9-10H,7-8,19H2,1-2H3. The van der Waals surface area contributed by atoms with Crippen molar-refractivity contribution in [1.82, 2.24) is 0 Å². The van der Waals surface area contributed by atoms with Crippen molar-refractivity contribution in [2.75, 3.05) is 6.54 Å². The lowest BCUT2D eigenvalue weighted by molar-refractivity contribution is 0.103. The Kier molecular flexibility index (Phi) is 4.30. The van der Waals surface area contributed by atoms with Crippen LogP contribution in [0.2, 0.25) is 0 Å². The van der Waals surface area contributed by atoms with E-state index in [1.165, 1.54) is 6.07 Å². The molecule has 0 atom stereocenters. The molecule has 3 heteroatoms. The molecular formula is C17H18FNO. The molecule has 2 rings (SSSR count). The summed E-state index contributed by atoms with van der Waals surface area (Å²) in [6, 6.07) is 10.4. The van der Waals surface area contributed by atoms with Crippen molar-refractivity contribution >= 4 is 5.78 Å². The summed E-state index contributed by atoms with van der Waals surface area (Å²) in [6.45, 7) is 4.14. The summed E-state index contributed by atoms with van der Waals surface area (Å²) in [4.78, 5) is 12.4. The normalized spacial score (nSPS) is 10.6. The predicted molar refractivity (Wildman–Crippen MR) is 78.5 cm³/mol. The molecule has 0 aliphatic rings. The maximum absolute atomic E-state index is 14.0.